The third kappa shape index (κ3) is 3.28. The summed E-state index contributed by atoms with van der Waals surface area (Å²) in [5.74, 6) is 0.299. The smallest absolute Gasteiger partial charge is 0.234 e. The highest BCUT2D eigenvalue weighted by Crippen LogP contribution is 2.30. The fourth-order valence-corrected chi connectivity index (χ4v) is 3.79. The Bertz CT molecular complexity index is 829. The third-order valence-electron chi connectivity index (χ3n) is 3.18. The number of nitrogens with one attached hydrogen (secondary N) is 1. The van der Waals surface area contributed by atoms with Crippen LogP contribution in [-0.4, -0.2) is 21.6 Å². The van der Waals surface area contributed by atoms with Crippen LogP contribution in [-0.2, 0) is 4.79 Å². The number of fused-ring (bicyclic) bond motifs is 1. The Kier molecular flexibility index (Phi) is 4.40. The summed E-state index contributed by atoms with van der Waals surface area (Å²) in [6.07, 6.45) is 1.56. The molecule has 1 amide bonds. The van der Waals surface area contributed by atoms with Gasteiger partial charge >= 0.3 is 0 Å². The minimum atomic E-state index is -0.0296. The van der Waals surface area contributed by atoms with Crippen LogP contribution in [0.1, 0.15) is 10.4 Å². The van der Waals surface area contributed by atoms with Gasteiger partial charge in [0.25, 0.3) is 0 Å². The number of nitrogens with zero attached hydrogens (tertiary/aromatic N) is 2. The minimum absolute atomic E-state index is 0.0296. The van der Waals surface area contributed by atoms with Gasteiger partial charge in [-0.2, -0.15) is 0 Å². The molecule has 2 aromatic heterocycles. The Labute approximate surface area is 137 Å². The SMILES string of the molecule is Cc1cc2c(SCC(=O)Nc3ccccc3C)ncnc2s1. The zero-order chi connectivity index (χ0) is 15.5. The van der Waals surface area contributed by atoms with E-state index in [1.807, 2.05) is 38.1 Å². The van der Waals surface area contributed by atoms with E-state index in [-0.39, 0.29) is 5.91 Å². The molecule has 0 aliphatic heterocycles. The fourth-order valence-electron chi connectivity index (χ4n) is 2.10. The van der Waals surface area contributed by atoms with Gasteiger partial charge in [0.2, 0.25) is 5.91 Å². The number of amides is 1. The Morgan fingerprint density at radius 2 is 2.09 bits per heavy atom. The van der Waals surface area contributed by atoms with Gasteiger partial charge in [0.05, 0.1) is 5.75 Å². The van der Waals surface area contributed by atoms with Gasteiger partial charge in [-0.25, -0.2) is 9.97 Å². The molecule has 0 spiro atoms. The zero-order valence-corrected chi connectivity index (χ0v) is 13.9. The van der Waals surface area contributed by atoms with E-state index in [4.69, 9.17) is 0 Å². The van der Waals surface area contributed by atoms with Crippen molar-refractivity contribution in [1.82, 2.24) is 9.97 Å². The van der Waals surface area contributed by atoms with Crippen LogP contribution in [0.4, 0.5) is 5.69 Å². The summed E-state index contributed by atoms with van der Waals surface area (Å²) >= 11 is 3.08. The van der Waals surface area contributed by atoms with Crippen molar-refractivity contribution in [2.24, 2.45) is 0 Å². The number of carbonyl (C=O) groups is 1. The second-order valence-electron chi connectivity index (χ2n) is 4.91. The molecule has 0 aliphatic carbocycles. The van der Waals surface area contributed by atoms with E-state index in [1.54, 1.807) is 17.7 Å². The third-order valence-corrected chi connectivity index (χ3v) is 5.14. The normalized spacial score (nSPS) is 10.8. The van der Waals surface area contributed by atoms with E-state index in [0.717, 1.165) is 26.5 Å². The quantitative estimate of drug-likeness (QED) is 0.580. The molecule has 22 heavy (non-hydrogen) atoms. The Morgan fingerprint density at radius 1 is 1.27 bits per heavy atom. The standard InChI is InChI=1S/C16H15N3OS2/c1-10-5-3-4-6-13(10)19-14(20)8-21-15-12-7-11(2)22-16(12)18-9-17-15/h3-7,9H,8H2,1-2H3,(H,19,20). The lowest BCUT2D eigenvalue weighted by atomic mass is 10.2. The molecule has 3 rings (SSSR count). The van der Waals surface area contributed by atoms with Crippen molar-refractivity contribution in [2.45, 2.75) is 18.9 Å². The second kappa shape index (κ2) is 6.46. The Hall–Kier alpha value is -1.92. The van der Waals surface area contributed by atoms with Gasteiger partial charge < -0.3 is 5.32 Å². The zero-order valence-electron chi connectivity index (χ0n) is 12.3. The number of thioether (sulfide) groups is 1. The highest BCUT2D eigenvalue weighted by molar-refractivity contribution is 8.00. The first-order valence-corrected chi connectivity index (χ1v) is 8.63. The van der Waals surface area contributed by atoms with Gasteiger partial charge in [0, 0.05) is 16.0 Å². The number of benzene rings is 1. The maximum absolute atomic E-state index is 12.1. The van der Waals surface area contributed by atoms with Gasteiger partial charge in [-0.1, -0.05) is 30.0 Å². The molecule has 4 nitrogen and oxygen atoms in total. The molecule has 0 saturated carbocycles. The molecule has 0 radical (unpaired) electrons. The molecule has 1 N–H and O–H groups in total. The van der Waals surface area contributed by atoms with Crippen molar-refractivity contribution >= 4 is 44.9 Å². The summed E-state index contributed by atoms with van der Waals surface area (Å²) in [6, 6.07) is 9.82. The van der Waals surface area contributed by atoms with Gasteiger partial charge in [-0.3, -0.25) is 4.79 Å². The van der Waals surface area contributed by atoms with Crippen LogP contribution in [0.5, 0.6) is 0 Å². The second-order valence-corrected chi connectivity index (χ2v) is 7.11. The number of aryl methyl sites for hydroxylation is 2. The number of anilines is 1. The monoisotopic (exact) mass is 329 g/mol. The number of aromatic nitrogens is 2. The summed E-state index contributed by atoms with van der Waals surface area (Å²) < 4.78 is 0. The summed E-state index contributed by atoms with van der Waals surface area (Å²) in [5, 5.41) is 4.82. The predicted molar refractivity (Wildman–Crippen MR) is 92.7 cm³/mol. The average molecular weight is 329 g/mol. The van der Waals surface area contributed by atoms with Crippen LogP contribution in [0.3, 0.4) is 0 Å². The van der Waals surface area contributed by atoms with Crippen molar-refractivity contribution in [2.75, 3.05) is 11.1 Å². The van der Waals surface area contributed by atoms with Gasteiger partial charge in [-0.05, 0) is 31.5 Å². The molecule has 0 unspecified atom stereocenters. The Balaban J connectivity index is 1.69. The maximum atomic E-state index is 12.1. The van der Waals surface area contributed by atoms with Crippen molar-refractivity contribution < 1.29 is 4.79 Å². The topological polar surface area (TPSA) is 54.9 Å². The van der Waals surface area contributed by atoms with E-state index in [2.05, 4.69) is 21.4 Å². The number of hydrogen-bond acceptors (Lipinski definition) is 5. The largest absolute Gasteiger partial charge is 0.325 e. The molecule has 3 aromatic rings. The van der Waals surface area contributed by atoms with E-state index in [0.29, 0.717) is 5.75 Å². The van der Waals surface area contributed by atoms with Gasteiger partial charge in [0.1, 0.15) is 16.2 Å². The lowest BCUT2D eigenvalue weighted by Gasteiger charge is -2.07. The highest BCUT2D eigenvalue weighted by Gasteiger charge is 2.10. The molecule has 0 saturated heterocycles. The number of para-hydroxylation sites is 1. The number of hydrogen-bond donors (Lipinski definition) is 1. The fraction of sp³-hybridized carbons (Fsp3) is 0.188. The van der Waals surface area contributed by atoms with Crippen molar-refractivity contribution in [3.05, 3.63) is 47.1 Å². The molecule has 1 aromatic carbocycles. The van der Waals surface area contributed by atoms with Crippen molar-refractivity contribution in [3.8, 4) is 0 Å². The molecule has 6 heteroatoms. The minimum Gasteiger partial charge on any atom is -0.325 e. The lowest BCUT2D eigenvalue weighted by molar-refractivity contribution is -0.113. The number of thiophene rings is 1. The van der Waals surface area contributed by atoms with Gasteiger partial charge in [-0.15, -0.1) is 11.3 Å². The first kappa shape index (κ1) is 15.0. The van der Waals surface area contributed by atoms with Crippen LogP contribution in [0, 0.1) is 13.8 Å². The molecule has 0 bridgehead atoms. The van der Waals surface area contributed by atoms with Crippen molar-refractivity contribution in [1.29, 1.82) is 0 Å². The molecule has 112 valence electrons. The summed E-state index contributed by atoms with van der Waals surface area (Å²) in [6.45, 7) is 4.02. The molecule has 0 fully saturated rings. The molecule has 0 aliphatic rings. The molecular weight excluding hydrogens is 314 g/mol. The number of rotatable bonds is 4. The number of carbonyl (C=O) groups excluding carboxylic acids is 1. The first-order chi connectivity index (χ1) is 10.6. The highest BCUT2D eigenvalue weighted by atomic mass is 32.2. The van der Waals surface area contributed by atoms with Crippen LogP contribution >= 0.6 is 23.1 Å². The van der Waals surface area contributed by atoms with Gasteiger partial charge in [0.15, 0.2) is 0 Å². The van der Waals surface area contributed by atoms with Crippen molar-refractivity contribution in [3.63, 3.8) is 0 Å². The Morgan fingerprint density at radius 3 is 2.91 bits per heavy atom. The maximum Gasteiger partial charge on any atom is 0.234 e. The predicted octanol–water partition coefficient (Wildman–Crippen LogP) is 4.04. The molecular formula is C16H15N3OS2. The molecule has 2 heterocycles. The first-order valence-electron chi connectivity index (χ1n) is 6.83. The van der Waals surface area contributed by atoms with E-state index >= 15 is 0 Å². The van der Waals surface area contributed by atoms with E-state index in [1.165, 1.54) is 16.6 Å². The van der Waals surface area contributed by atoms with E-state index < -0.39 is 0 Å². The van der Waals surface area contributed by atoms with Crippen LogP contribution in [0.15, 0.2) is 41.7 Å². The molecule has 0 atom stereocenters. The summed E-state index contributed by atoms with van der Waals surface area (Å²) in [4.78, 5) is 22.8. The average Bonchev–Trinajstić information content (AvgIpc) is 2.88. The summed E-state index contributed by atoms with van der Waals surface area (Å²) in [5.41, 5.74) is 1.91. The lowest BCUT2D eigenvalue weighted by Crippen LogP contribution is -2.14. The van der Waals surface area contributed by atoms with Crippen LogP contribution < -0.4 is 5.32 Å². The van der Waals surface area contributed by atoms with E-state index in [9.17, 15) is 4.79 Å². The van der Waals surface area contributed by atoms with Crippen LogP contribution in [0.25, 0.3) is 10.2 Å². The van der Waals surface area contributed by atoms with Crippen LogP contribution in [0.2, 0.25) is 0 Å². The summed E-state index contributed by atoms with van der Waals surface area (Å²) in [7, 11) is 0.